The van der Waals surface area contributed by atoms with Crippen molar-refractivity contribution in [3.05, 3.63) is 12.2 Å². The lowest BCUT2D eigenvalue weighted by Crippen LogP contribution is -2.49. The number of hydrogen-bond acceptors (Lipinski definition) is 2. The summed E-state index contributed by atoms with van der Waals surface area (Å²) in [5, 5.41) is 8.60. The van der Waals surface area contributed by atoms with Crippen LogP contribution in [-0.4, -0.2) is 52.4 Å². The van der Waals surface area contributed by atoms with Crippen LogP contribution in [0.3, 0.4) is 0 Å². The second-order valence-electron chi connectivity index (χ2n) is 9.66. The molecule has 5 nitrogen and oxygen atoms in total. The highest BCUT2D eigenvalue weighted by atomic mass is 31.2. The van der Waals surface area contributed by atoms with Crippen LogP contribution >= 0.6 is 7.60 Å². The Bertz CT molecular complexity index is 470. The summed E-state index contributed by atoms with van der Waals surface area (Å²) in [7, 11) is 0.966. The molecule has 3 N–H and O–H groups in total. The largest absolute Gasteiger partial charge is 0.373 e. The van der Waals surface area contributed by atoms with Crippen molar-refractivity contribution in [1.82, 2.24) is 0 Å². The molecular weight excluding hydrogens is 385 g/mol. The second-order valence-corrected chi connectivity index (χ2v) is 11.6. The highest BCUT2D eigenvalue weighted by Gasteiger charge is 2.48. The number of likely N-dealkylation sites (N-methyl/N-ethyl adjacent to an activating group) is 1. The fraction of sp³-hybridized carbons (Fsp3) is 0.913. The van der Waals surface area contributed by atoms with Gasteiger partial charge in [0.1, 0.15) is 6.54 Å². The summed E-state index contributed by atoms with van der Waals surface area (Å²) in [6.45, 7) is 2.31. The Hall–Kier alpha value is -0.190. The van der Waals surface area contributed by atoms with Gasteiger partial charge >= 0.3 is 7.60 Å². The van der Waals surface area contributed by atoms with Gasteiger partial charge in [0.25, 0.3) is 0 Å². The van der Waals surface area contributed by atoms with Crippen LogP contribution in [0.5, 0.6) is 0 Å². The summed E-state index contributed by atoms with van der Waals surface area (Å²) >= 11 is 0. The molecule has 1 unspecified atom stereocenters. The summed E-state index contributed by atoms with van der Waals surface area (Å²) in [5.41, 5.74) is 0. The molecule has 0 aromatic heterocycles. The van der Waals surface area contributed by atoms with E-state index < -0.39 is 12.9 Å². The van der Waals surface area contributed by atoms with Crippen molar-refractivity contribution >= 4 is 7.60 Å². The van der Waals surface area contributed by atoms with E-state index in [0.29, 0.717) is 10.9 Å². The average molecular weight is 435 g/mol. The van der Waals surface area contributed by atoms with E-state index in [0.717, 1.165) is 25.7 Å². The summed E-state index contributed by atoms with van der Waals surface area (Å²) in [4.78, 5) is 19.1. The standard InChI is InChI=1S/C23H48NO4P/c1-5-6-7-8-9-10-11-12-13-14-15-16-17-18-19-20-21-23(25,29(26,27)28)22-24(2,3)4/h12-13,25H,5-11,14-22H2,1-4H3,(H-,26,27,28)/p+1/b13-12-. The van der Waals surface area contributed by atoms with Gasteiger partial charge in [0.05, 0.1) is 21.1 Å². The Kier molecular flexibility index (Phi) is 15.5. The monoisotopic (exact) mass is 434 g/mol. The number of allylic oxidation sites excluding steroid dienone is 2. The van der Waals surface area contributed by atoms with Gasteiger partial charge in [0.2, 0.25) is 5.34 Å². The van der Waals surface area contributed by atoms with Crippen LogP contribution in [0.25, 0.3) is 0 Å². The van der Waals surface area contributed by atoms with Crippen molar-refractivity contribution in [2.45, 2.75) is 109 Å². The summed E-state index contributed by atoms with van der Waals surface area (Å²) < 4.78 is 12.1. The third kappa shape index (κ3) is 16.2. The van der Waals surface area contributed by atoms with Crippen molar-refractivity contribution in [3.8, 4) is 0 Å². The Morgan fingerprint density at radius 2 is 1.17 bits per heavy atom. The second kappa shape index (κ2) is 15.6. The molecule has 29 heavy (non-hydrogen) atoms. The molecule has 0 aromatic carbocycles. The van der Waals surface area contributed by atoms with E-state index in [1.54, 1.807) is 0 Å². The Morgan fingerprint density at radius 1 is 0.759 bits per heavy atom. The number of hydrogen-bond donors (Lipinski definition) is 3. The summed E-state index contributed by atoms with van der Waals surface area (Å²) in [6.07, 6.45) is 21.5. The lowest BCUT2D eigenvalue weighted by Gasteiger charge is -2.35. The average Bonchev–Trinajstić information content (AvgIpc) is 2.59. The Labute approximate surface area is 180 Å². The maximum absolute atomic E-state index is 11.8. The smallest absolute Gasteiger partial charge is 0.362 e. The molecule has 0 amide bonds. The van der Waals surface area contributed by atoms with Gasteiger partial charge in [0, 0.05) is 0 Å². The zero-order valence-corrected chi connectivity index (χ0v) is 20.5. The molecule has 0 bridgehead atoms. The fourth-order valence-corrected chi connectivity index (χ4v) is 4.79. The van der Waals surface area contributed by atoms with E-state index in [-0.39, 0.29) is 13.0 Å². The third-order valence-corrected chi connectivity index (χ3v) is 6.81. The molecule has 0 radical (unpaired) electrons. The van der Waals surface area contributed by atoms with Crippen LogP contribution in [0.15, 0.2) is 12.2 Å². The number of rotatable bonds is 19. The van der Waals surface area contributed by atoms with E-state index in [9.17, 15) is 19.5 Å². The quantitative estimate of drug-likeness (QED) is 0.101. The normalized spacial score (nSPS) is 15.1. The van der Waals surface area contributed by atoms with E-state index >= 15 is 0 Å². The minimum Gasteiger partial charge on any atom is -0.373 e. The van der Waals surface area contributed by atoms with Gasteiger partial charge in [-0.3, -0.25) is 4.57 Å². The molecule has 0 rings (SSSR count). The maximum atomic E-state index is 11.8. The van der Waals surface area contributed by atoms with E-state index in [2.05, 4.69) is 19.1 Å². The van der Waals surface area contributed by atoms with Crippen LogP contribution in [0.2, 0.25) is 0 Å². The molecule has 0 aliphatic heterocycles. The number of aliphatic hydroxyl groups is 1. The van der Waals surface area contributed by atoms with E-state index in [1.165, 1.54) is 57.8 Å². The minimum absolute atomic E-state index is 0.0579. The van der Waals surface area contributed by atoms with Crippen LogP contribution in [0.4, 0.5) is 0 Å². The van der Waals surface area contributed by atoms with Crippen LogP contribution < -0.4 is 0 Å². The Morgan fingerprint density at radius 3 is 1.59 bits per heavy atom. The third-order valence-electron chi connectivity index (χ3n) is 5.36. The zero-order valence-electron chi connectivity index (χ0n) is 19.6. The van der Waals surface area contributed by atoms with Crippen LogP contribution in [0, 0.1) is 0 Å². The maximum Gasteiger partial charge on any atom is 0.362 e. The molecule has 174 valence electrons. The van der Waals surface area contributed by atoms with Gasteiger partial charge in [-0.05, 0) is 38.5 Å². The number of nitrogens with zero attached hydrogens (tertiary/aromatic N) is 1. The molecule has 0 saturated heterocycles. The van der Waals surface area contributed by atoms with E-state index in [4.69, 9.17) is 0 Å². The molecule has 0 heterocycles. The first kappa shape index (κ1) is 28.8. The first-order chi connectivity index (χ1) is 13.5. The molecular formula is C23H49NO4P+. The lowest BCUT2D eigenvalue weighted by atomic mass is 10.0. The van der Waals surface area contributed by atoms with Gasteiger partial charge in [-0.15, -0.1) is 0 Å². The van der Waals surface area contributed by atoms with Crippen molar-refractivity contribution in [1.29, 1.82) is 0 Å². The predicted octanol–water partition coefficient (Wildman–Crippen LogP) is 5.99. The minimum atomic E-state index is -4.54. The van der Waals surface area contributed by atoms with Gasteiger partial charge < -0.3 is 19.4 Å². The van der Waals surface area contributed by atoms with Gasteiger partial charge in [0.15, 0.2) is 0 Å². The molecule has 6 heteroatoms. The first-order valence-corrected chi connectivity index (χ1v) is 13.4. The Balaban J connectivity index is 3.71. The fourth-order valence-electron chi connectivity index (χ4n) is 3.73. The van der Waals surface area contributed by atoms with Gasteiger partial charge in [-0.25, -0.2) is 0 Å². The van der Waals surface area contributed by atoms with E-state index in [1.807, 2.05) is 21.1 Å². The summed E-state index contributed by atoms with van der Waals surface area (Å²) in [5.74, 6) is 0. The van der Waals surface area contributed by atoms with Crippen LogP contribution in [-0.2, 0) is 4.57 Å². The zero-order chi connectivity index (χ0) is 22.2. The molecule has 1 atom stereocenters. The van der Waals surface area contributed by atoms with Crippen molar-refractivity contribution < 1.29 is 23.9 Å². The highest BCUT2D eigenvalue weighted by Crippen LogP contribution is 2.52. The van der Waals surface area contributed by atoms with Crippen molar-refractivity contribution in [3.63, 3.8) is 0 Å². The molecule has 0 aliphatic carbocycles. The first-order valence-electron chi connectivity index (χ1n) is 11.8. The predicted molar refractivity (Wildman–Crippen MR) is 124 cm³/mol. The molecule has 0 fully saturated rings. The van der Waals surface area contributed by atoms with Crippen molar-refractivity contribution in [2.75, 3.05) is 27.7 Å². The SMILES string of the molecule is CCCCCCCC/C=C\CCCCCCCCC(O)(C[N+](C)(C)C)P(=O)(O)O. The molecule has 0 aromatic rings. The van der Waals surface area contributed by atoms with Crippen molar-refractivity contribution in [2.24, 2.45) is 0 Å². The number of unbranched alkanes of at least 4 members (excludes halogenated alkanes) is 12. The molecule has 0 aliphatic rings. The number of quaternary nitrogens is 1. The van der Waals surface area contributed by atoms with Gasteiger partial charge in [-0.1, -0.05) is 76.9 Å². The molecule has 0 spiro atoms. The lowest BCUT2D eigenvalue weighted by molar-refractivity contribution is -0.875. The molecule has 0 saturated carbocycles. The highest BCUT2D eigenvalue weighted by molar-refractivity contribution is 7.53. The topological polar surface area (TPSA) is 77.8 Å². The van der Waals surface area contributed by atoms with Gasteiger partial charge in [-0.2, -0.15) is 0 Å². The summed E-state index contributed by atoms with van der Waals surface area (Å²) in [6, 6.07) is 0. The van der Waals surface area contributed by atoms with Crippen LogP contribution in [0.1, 0.15) is 103 Å².